The molecular formula is C14H15F3O3. The highest BCUT2D eigenvalue weighted by Gasteiger charge is 2.76. The number of hydrogen-bond acceptors (Lipinski definition) is 3. The normalized spacial score (nSPS) is 25.1. The van der Waals surface area contributed by atoms with E-state index >= 15 is 0 Å². The zero-order chi connectivity index (χ0) is 15.0. The Kier molecular flexibility index (Phi) is 3.67. The van der Waals surface area contributed by atoms with Crippen LogP contribution in [0.3, 0.4) is 0 Å². The molecule has 0 saturated heterocycles. The number of esters is 1. The topological polar surface area (TPSA) is 35.5 Å². The van der Waals surface area contributed by atoms with Crippen molar-refractivity contribution in [3.8, 4) is 5.75 Å². The van der Waals surface area contributed by atoms with E-state index in [1.165, 1.54) is 14.0 Å². The molecule has 1 fully saturated rings. The quantitative estimate of drug-likeness (QED) is 0.797. The van der Waals surface area contributed by atoms with Gasteiger partial charge in [0.25, 0.3) is 0 Å². The first kappa shape index (κ1) is 14.7. The van der Waals surface area contributed by atoms with Gasteiger partial charge in [-0.05, 0) is 31.0 Å². The number of ether oxygens (including phenoxy) is 2. The Hall–Kier alpha value is -1.72. The Morgan fingerprint density at radius 3 is 2.40 bits per heavy atom. The molecule has 0 spiro atoms. The van der Waals surface area contributed by atoms with E-state index in [0.717, 1.165) is 0 Å². The minimum Gasteiger partial charge on any atom is -0.497 e. The monoisotopic (exact) mass is 288 g/mol. The molecule has 1 aliphatic carbocycles. The summed E-state index contributed by atoms with van der Waals surface area (Å²) in [6, 6.07) is 6.27. The molecule has 3 nitrogen and oxygen atoms in total. The van der Waals surface area contributed by atoms with E-state index in [9.17, 15) is 18.0 Å². The maximum atomic E-state index is 13.2. The lowest BCUT2D eigenvalue weighted by Crippen LogP contribution is -2.35. The summed E-state index contributed by atoms with van der Waals surface area (Å²) in [6.45, 7) is 1.43. The predicted octanol–water partition coefficient (Wildman–Crippen LogP) is 3.29. The molecule has 2 atom stereocenters. The number of halogens is 3. The van der Waals surface area contributed by atoms with E-state index < -0.39 is 23.5 Å². The summed E-state index contributed by atoms with van der Waals surface area (Å²) in [6.07, 6.45) is -4.87. The standard InChI is InChI=1S/C14H15F3O3/c1-3-20-12(18)13(14(15,16)17)8-11(13)9-4-6-10(19-2)7-5-9/h4-7,11H,3,8H2,1-2H3. The van der Waals surface area contributed by atoms with Gasteiger partial charge in [-0.25, -0.2) is 0 Å². The van der Waals surface area contributed by atoms with Gasteiger partial charge < -0.3 is 9.47 Å². The smallest absolute Gasteiger partial charge is 0.405 e. The van der Waals surface area contributed by atoms with E-state index in [-0.39, 0.29) is 13.0 Å². The molecule has 6 heteroatoms. The van der Waals surface area contributed by atoms with Gasteiger partial charge in [-0.15, -0.1) is 0 Å². The number of carbonyl (C=O) groups excluding carboxylic acids is 1. The number of carbonyl (C=O) groups is 1. The van der Waals surface area contributed by atoms with Crippen molar-refractivity contribution >= 4 is 5.97 Å². The number of alkyl halides is 3. The van der Waals surface area contributed by atoms with Crippen LogP contribution in [-0.2, 0) is 9.53 Å². The fourth-order valence-electron chi connectivity index (χ4n) is 2.42. The highest BCUT2D eigenvalue weighted by Crippen LogP contribution is 2.68. The fourth-order valence-corrected chi connectivity index (χ4v) is 2.42. The first-order valence-electron chi connectivity index (χ1n) is 6.24. The second kappa shape index (κ2) is 5.00. The zero-order valence-corrected chi connectivity index (χ0v) is 11.2. The van der Waals surface area contributed by atoms with E-state index in [4.69, 9.17) is 4.74 Å². The summed E-state index contributed by atoms with van der Waals surface area (Å²) in [5.74, 6) is -1.51. The SMILES string of the molecule is CCOC(=O)C1(C(F)(F)F)CC1c1ccc(OC)cc1. The summed E-state index contributed by atoms with van der Waals surface area (Å²) in [5, 5.41) is 0. The summed E-state index contributed by atoms with van der Waals surface area (Å²) in [7, 11) is 1.48. The molecule has 0 bridgehead atoms. The number of hydrogen-bond donors (Lipinski definition) is 0. The van der Waals surface area contributed by atoms with Gasteiger partial charge in [0.2, 0.25) is 0 Å². The Labute approximate surface area is 114 Å². The van der Waals surface area contributed by atoms with Gasteiger partial charge in [0.15, 0.2) is 5.41 Å². The minimum absolute atomic E-state index is 0.0635. The molecule has 0 aromatic heterocycles. The number of benzene rings is 1. The molecule has 0 amide bonds. The molecule has 1 aromatic carbocycles. The van der Waals surface area contributed by atoms with Crippen LogP contribution in [0.1, 0.15) is 24.8 Å². The van der Waals surface area contributed by atoms with Gasteiger partial charge >= 0.3 is 12.1 Å². The van der Waals surface area contributed by atoms with Gasteiger partial charge in [0.1, 0.15) is 5.75 Å². The molecular weight excluding hydrogens is 273 g/mol. The zero-order valence-electron chi connectivity index (χ0n) is 11.2. The molecule has 2 unspecified atom stereocenters. The van der Waals surface area contributed by atoms with Crippen molar-refractivity contribution in [3.05, 3.63) is 29.8 Å². The summed E-state index contributed by atoms with van der Waals surface area (Å²) in [4.78, 5) is 11.7. The molecule has 1 saturated carbocycles. The summed E-state index contributed by atoms with van der Waals surface area (Å²) in [5.41, 5.74) is -1.92. The van der Waals surface area contributed by atoms with Crippen molar-refractivity contribution < 1.29 is 27.4 Å². The van der Waals surface area contributed by atoms with Crippen LogP contribution in [0.15, 0.2) is 24.3 Å². The summed E-state index contributed by atoms with van der Waals surface area (Å²) >= 11 is 0. The second-order valence-electron chi connectivity index (χ2n) is 4.72. The molecule has 110 valence electrons. The molecule has 20 heavy (non-hydrogen) atoms. The van der Waals surface area contributed by atoms with Gasteiger partial charge in [-0.1, -0.05) is 12.1 Å². The van der Waals surface area contributed by atoms with Crippen LogP contribution >= 0.6 is 0 Å². The van der Waals surface area contributed by atoms with Crippen LogP contribution < -0.4 is 4.74 Å². The van der Waals surface area contributed by atoms with Crippen LogP contribution in [0.5, 0.6) is 5.75 Å². The van der Waals surface area contributed by atoms with Crippen molar-refractivity contribution in [2.24, 2.45) is 5.41 Å². The molecule has 1 aliphatic rings. The minimum atomic E-state index is -4.61. The lowest BCUT2D eigenvalue weighted by atomic mass is 9.98. The Morgan fingerprint density at radius 2 is 1.95 bits per heavy atom. The Bertz CT molecular complexity index is 495. The Balaban J connectivity index is 2.27. The van der Waals surface area contributed by atoms with Crippen molar-refractivity contribution in [2.45, 2.75) is 25.4 Å². The lowest BCUT2D eigenvalue weighted by molar-refractivity contribution is -0.207. The molecule has 0 heterocycles. The number of methoxy groups -OCH3 is 1. The van der Waals surface area contributed by atoms with Gasteiger partial charge in [0, 0.05) is 5.92 Å². The van der Waals surface area contributed by atoms with Crippen molar-refractivity contribution in [1.82, 2.24) is 0 Å². The second-order valence-corrected chi connectivity index (χ2v) is 4.72. The van der Waals surface area contributed by atoms with Crippen molar-refractivity contribution in [2.75, 3.05) is 13.7 Å². The maximum Gasteiger partial charge on any atom is 0.405 e. The third kappa shape index (κ3) is 2.23. The number of rotatable bonds is 4. The van der Waals surface area contributed by atoms with Crippen LogP contribution in [0.2, 0.25) is 0 Å². The highest BCUT2D eigenvalue weighted by atomic mass is 19.4. The Morgan fingerprint density at radius 1 is 1.35 bits per heavy atom. The largest absolute Gasteiger partial charge is 0.497 e. The third-order valence-corrected chi connectivity index (χ3v) is 3.62. The summed E-state index contributed by atoms with van der Waals surface area (Å²) < 4.78 is 49.2. The van der Waals surface area contributed by atoms with Crippen molar-refractivity contribution in [1.29, 1.82) is 0 Å². The van der Waals surface area contributed by atoms with Gasteiger partial charge in [-0.2, -0.15) is 13.2 Å². The molecule has 0 aliphatic heterocycles. The molecule has 0 N–H and O–H groups in total. The van der Waals surface area contributed by atoms with Crippen LogP contribution in [-0.4, -0.2) is 25.9 Å². The van der Waals surface area contributed by atoms with Gasteiger partial charge in [0.05, 0.1) is 13.7 Å². The fraction of sp³-hybridized carbons (Fsp3) is 0.500. The first-order chi connectivity index (χ1) is 9.36. The first-order valence-corrected chi connectivity index (χ1v) is 6.24. The van der Waals surface area contributed by atoms with E-state index in [1.54, 1.807) is 24.3 Å². The van der Waals surface area contributed by atoms with Gasteiger partial charge in [-0.3, -0.25) is 4.79 Å². The lowest BCUT2D eigenvalue weighted by Gasteiger charge is -2.19. The van der Waals surface area contributed by atoms with Crippen LogP contribution in [0.4, 0.5) is 13.2 Å². The average molecular weight is 288 g/mol. The molecule has 0 radical (unpaired) electrons. The van der Waals surface area contributed by atoms with Crippen LogP contribution in [0.25, 0.3) is 0 Å². The predicted molar refractivity (Wildman–Crippen MR) is 65.5 cm³/mol. The third-order valence-electron chi connectivity index (χ3n) is 3.62. The average Bonchev–Trinajstić information content (AvgIpc) is 3.15. The highest BCUT2D eigenvalue weighted by molar-refractivity contribution is 5.83. The van der Waals surface area contributed by atoms with Crippen molar-refractivity contribution in [3.63, 3.8) is 0 Å². The van der Waals surface area contributed by atoms with E-state index in [2.05, 4.69) is 4.74 Å². The van der Waals surface area contributed by atoms with E-state index in [1.807, 2.05) is 0 Å². The van der Waals surface area contributed by atoms with Crippen LogP contribution in [0, 0.1) is 5.41 Å². The molecule has 2 rings (SSSR count). The molecule has 1 aromatic rings. The maximum absolute atomic E-state index is 13.2. The van der Waals surface area contributed by atoms with E-state index in [0.29, 0.717) is 11.3 Å².